The minimum absolute atomic E-state index is 0.214. The van der Waals surface area contributed by atoms with Crippen molar-refractivity contribution in [2.45, 2.75) is 46.1 Å². The van der Waals surface area contributed by atoms with Gasteiger partial charge in [-0.3, -0.25) is 0 Å². The molecule has 128 valence electrons. The summed E-state index contributed by atoms with van der Waals surface area (Å²) in [5, 5.41) is 0. The predicted molar refractivity (Wildman–Crippen MR) is 98.3 cm³/mol. The van der Waals surface area contributed by atoms with Crippen molar-refractivity contribution in [3.05, 3.63) is 28.2 Å². The van der Waals surface area contributed by atoms with Gasteiger partial charge < -0.3 is 14.5 Å². The van der Waals surface area contributed by atoms with E-state index in [0.717, 1.165) is 17.6 Å². The molecule has 1 saturated heterocycles. The van der Waals surface area contributed by atoms with Crippen LogP contribution in [-0.4, -0.2) is 42.8 Å². The number of nitrogens with zero attached hydrogens (tertiary/aromatic N) is 2. The van der Waals surface area contributed by atoms with E-state index in [0.29, 0.717) is 19.0 Å². The van der Waals surface area contributed by atoms with Gasteiger partial charge in [0.05, 0.1) is 0 Å². The summed E-state index contributed by atoms with van der Waals surface area (Å²) in [6.07, 6.45) is -0.214. The Balaban J connectivity index is 2.01. The summed E-state index contributed by atoms with van der Waals surface area (Å²) in [6, 6.07) is 6.57. The van der Waals surface area contributed by atoms with Crippen LogP contribution in [0.15, 0.2) is 22.7 Å². The van der Waals surface area contributed by atoms with Crippen molar-refractivity contribution in [3.8, 4) is 0 Å². The quantitative estimate of drug-likeness (QED) is 0.747. The van der Waals surface area contributed by atoms with Gasteiger partial charge in [0, 0.05) is 36.3 Å². The molecule has 0 saturated carbocycles. The Morgan fingerprint density at radius 3 is 2.26 bits per heavy atom. The Hall–Kier alpha value is -1.23. The molecule has 1 aliphatic rings. The monoisotopic (exact) mass is 382 g/mol. The Morgan fingerprint density at radius 1 is 1.13 bits per heavy atom. The van der Waals surface area contributed by atoms with E-state index in [4.69, 9.17) is 4.74 Å². The molecule has 0 atom stereocenters. The number of anilines is 1. The molecule has 23 heavy (non-hydrogen) atoms. The topological polar surface area (TPSA) is 32.8 Å². The van der Waals surface area contributed by atoms with Gasteiger partial charge in [-0.15, -0.1) is 0 Å². The lowest BCUT2D eigenvalue weighted by molar-refractivity contribution is 0.0240. The lowest BCUT2D eigenvalue weighted by atomic mass is 10.0. The highest BCUT2D eigenvalue weighted by Crippen LogP contribution is 2.28. The minimum Gasteiger partial charge on any atom is -0.444 e. The van der Waals surface area contributed by atoms with Gasteiger partial charge in [-0.25, -0.2) is 4.79 Å². The van der Waals surface area contributed by atoms with Crippen LogP contribution in [0.1, 0.15) is 46.1 Å². The van der Waals surface area contributed by atoms with E-state index < -0.39 is 5.60 Å². The third kappa shape index (κ3) is 5.13. The number of amides is 1. The second-order valence-corrected chi connectivity index (χ2v) is 8.27. The maximum atomic E-state index is 12.1. The summed E-state index contributed by atoms with van der Waals surface area (Å²) in [7, 11) is 0. The van der Waals surface area contributed by atoms with Crippen LogP contribution in [0.3, 0.4) is 0 Å². The van der Waals surface area contributed by atoms with Crippen LogP contribution in [0.25, 0.3) is 0 Å². The average molecular weight is 383 g/mol. The fourth-order valence-electron chi connectivity index (χ4n) is 2.59. The number of hydrogen-bond donors (Lipinski definition) is 0. The second kappa shape index (κ2) is 7.12. The molecular weight excluding hydrogens is 356 g/mol. The number of carbonyl (C=O) groups excluding carboxylic acids is 1. The normalized spacial score (nSPS) is 16.0. The van der Waals surface area contributed by atoms with Gasteiger partial charge in [0.25, 0.3) is 0 Å². The number of piperazine rings is 1. The smallest absolute Gasteiger partial charge is 0.410 e. The number of carbonyl (C=O) groups is 1. The Morgan fingerprint density at radius 2 is 1.74 bits per heavy atom. The molecule has 0 spiro atoms. The maximum Gasteiger partial charge on any atom is 0.410 e. The molecule has 0 radical (unpaired) electrons. The molecule has 0 aliphatic carbocycles. The molecule has 1 aromatic rings. The molecule has 1 amide bonds. The lowest BCUT2D eigenvalue weighted by Gasteiger charge is -2.37. The van der Waals surface area contributed by atoms with Gasteiger partial charge in [-0.2, -0.15) is 0 Å². The second-order valence-electron chi connectivity index (χ2n) is 7.35. The Kier molecular flexibility index (Phi) is 5.61. The van der Waals surface area contributed by atoms with Crippen LogP contribution in [0.4, 0.5) is 10.5 Å². The number of halogens is 1. The van der Waals surface area contributed by atoms with Crippen LogP contribution in [0, 0.1) is 0 Å². The third-order valence-corrected chi connectivity index (χ3v) is 4.33. The van der Waals surface area contributed by atoms with E-state index >= 15 is 0 Å². The van der Waals surface area contributed by atoms with Crippen molar-refractivity contribution < 1.29 is 9.53 Å². The van der Waals surface area contributed by atoms with Gasteiger partial charge in [0.2, 0.25) is 0 Å². The fourth-order valence-corrected chi connectivity index (χ4v) is 3.08. The van der Waals surface area contributed by atoms with Crippen LogP contribution < -0.4 is 4.90 Å². The SMILES string of the molecule is CC(C)c1cc(Br)cc(N2CCN(C(=O)OC(C)(C)C)CC2)c1. The minimum atomic E-state index is -0.440. The predicted octanol–water partition coefficient (Wildman–Crippen LogP) is 4.63. The molecule has 0 N–H and O–H groups in total. The van der Waals surface area contributed by atoms with E-state index in [1.54, 1.807) is 4.90 Å². The molecule has 2 rings (SSSR count). The van der Waals surface area contributed by atoms with E-state index in [1.165, 1.54) is 11.3 Å². The number of ether oxygens (including phenoxy) is 1. The molecule has 1 aliphatic heterocycles. The standard InChI is InChI=1S/C18H27BrN2O2/c1-13(2)14-10-15(19)12-16(11-14)20-6-8-21(9-7-20)17(22)23-18(3,4)5/h10-13H,6-9H2,1-5H3. The molecule has 0 bridgehead atoms. The first-order valence-corrected chi connectivity index (χ1v) is 8.98. The fraction of sp³-hybridized carbons (Fsp3) is 0.611. The first-order valence-electron chi connectivity index (χ1n) is 8.19. The molecule has 1 aromatic carbocycles. The van der Waals surface area contributed by atoms with Crippen LogP contribution in [0.5, 0.6) is 0 Å². The van der Waals surface area contributed by atoms with E-state index in [9.17, 15) is 4.79 Å². The highest BCUT2D eigenvalue weighted by molar-refractivity contribution is 9.10. The van der Waals surface area contributed by atoms with Crippen molar-refractivity contribution in [1.29, 1.82) is 0 Å². The molecule has 5 heteroatoms. The van der Waals surface area contributed by atoms with Gasteiger partial charge >= 0.3 is 6.09 Å². The van der Waals surface area contributed by atoms with Crippen molar-refractivity contribution in [3.63, 3.8) is 0 Å². The first-order chi connectivity index (χ1) is 10.7. The summed E-state index contributed by atoms with van der Waals surface area (Å²) >= 11 is 3.60. The van der Waals surface area contributed by atoms with Gasteiger partial charge in [-0.1, -0.05) is 29.8 Å². The van der Waals surface area contributed by atoms with Crippen LogP contribution in [-0.2, 0) is 4.74 Å². The van der Waals surface area contributed by atoms with Crippen LogP contribution >= 0.6 is 15.9 Å². The first kappa shape index (κ1) is 18.1. The number of benzene rings is 1. The Labute approximate surface area is 147 Å². The summed E-state index contributed by atoms with van der Waals surface area (Å²) in [6.45, 7) is 13.1. The molecule has 1 fully saturated rings. The van der Waals surface area contributed by atoms with E-state index in [-0.39, 0.29) is 6.09 Å². The van der Waals surface area contributed by atoms with Crippen molar-refractivity contribution >= 4 is 27.7 Å². The summed E-state index contributed by atoms with van der Waals surface area (Å²) in [5.41, 5.74) is 2.10. The summed E-state index contributed by atoms with van der Waals surface area (Å²) in [4.78, 5) is 16.3. The summed E-state index contributed by atoms with van der Waals surface area (Å²) < 4.78 is 6.55. The van der Waals surface area contributed by atoms with Crippen LogP contribution in [0.2, 0.25) is 0 Å². The zero-order valence-electron chi connectivity index (χ0n) is 14.7. The van der Waals surface area contributed by atoms with E-state index in [2.05, 4.69) is 52.9 Å². The zero-order valence-corrected chi connectivity index (χ0v) is 16.3. The molecular formula is C18H27BrN2O2. The molecule has 0 aromatic heterocycles. The molecule has 1 heterocycles. The Bertz CT molecular complexity index is 559. The maximum absolute atomic E-state index is 12.1. The molecule has 0 unspecified atom stereocenters. The zero-order chi connectivity index (χ0) is 17.2. The van der Waals surface area contributed by atoms with Crippen molar-refractivity contribution in [2.24, 2.45) is 0 Å². The van der Waals surface area contributed by atoms with Gasteiger partial charge in [0.1, 0.15) is 5.60 Å². The average Bonchev–Trinajstić information content (AvgIpc) is 2.45. The van der Waals surface area contributed by atoms with Crippen molar-refractivity contribution in [2.75, 3.05) is 31.1 Å². The van der Waals surface area contributed by atoms with E-state index in [1.807, 2.05) is 20.8 Å². The van der Waals surface area contributed by atoms with Crippen molar-refractivity contribution in [1.82, 2.24) is 4.90 Å². The third-order valence-electron chi connectivity index (χ3n) is 3.87. The van der Waals surface area contributed by atoms with Gasteiger partial charge in [0.15, 0.2) is 0 Å². The number of hydrogen-bond acceptors (Lipinski definition) is 3. The lowest BCUT2D eigenvalue weighted by Crippen LogP contribution is -2.50. The highest BCUT2D eigenvalue weighted by atomic mass is 79.9. The molecule has 4 nitrogen and oxygen atoms in total. The largest absolute Gasteiger partial charge is 0.444 e. The highest BCUT2D eigenvalue weighted by Gasteiger charge is 2.26. The number of rotatable bonds is 2. The van der Waals surface area contributed by atoms with Gasteiger partial charge in [-0.05, 0) is 50.5 Å². The summed E-state index contributed by atoms with van der Waals surface area (Å²) in [5.74, 6) is 0.495.